The lowest BCUT2D eigenvalue weighted by molar-refractivity contribution is 0.399. The molecule has 0 aliphatic carbocycles. The molecule has 0 saturated carbocycles. The van der Waals surface area contributed by atoms with Crippen molar-refractivity contribution in [3.05, 3.63) is 23.7 Å². The molecule has 2 rings (SSSR count). The van der Waals surface area contributed by atoms with Crippen LogP contribution in [0.25, 0.3) is 5.82 Å². The van der Waals surface area contributed by atoms with Crippen molar-refractivity contribution in [2.24, 2.45) is 0 Å². The van der Waals surface area contributed by atoms with E-state index in [1.165, 1.54) is 24.3 Å². The van der Waals surface area contributed by atoms with E-state index in [9.17, 15) is 0 Å². The molecule has 15 heavy (non-hydrogen) atoms. The molecule has 0 unspecified atom stereocenters. The molecular weight excluding hydrogens is 218 g/mol. The molecule has 0 aromatic carbocycles. The van der Waals surface area contributed by atoms with Crippen molar-refractivity contribution in [2.75, 3.05) is 12.8 Å². The molecule has 0 fully saturated rings. The molecule has 0 aliphatic rings. The highest BCUT2D eigenvalue weighted by molar-refractivity contribution is 6.30. The fourth-order valence-corrected chi connectivity index (χ4v) is 1.27. The van der Waals surface area contributed by atoms with Crippen molar-refractivity contribution in [1.29, 1.82) is 0 Å². The Hall–Kier alpha value is -1.82. The number of aromatic nitrogens is 4. The maximum atomic E-state index is 5.78. The monoisotopic (exact) mass is 225 g/mol. The molecule has 0 radical (unpaired) electrons. The molecule has 6 nitrogen and oxygen atoms in total. The second-order valence-corrected chi connectivity index (χ2v) is 3.16. The first-order valence-corrected chi connectivity index (χ1v) is 4.45. The summed E-state index contributed by atoms with van der Waals surface area (Å²) in [7, 11) is 1.48. The van der Waals surface area contributed by atoms with Crippen LogP contribution >= 0.6 is 11.6 Å². The van der Waals surface area contributed by atoms with E-state index >= 15 is 0 Å². The van der Waals surface area contributed by atoms with Crippen LogP contribution in [0.15, 0.2) is 18.7 Å². The van der Waals surface area contributed by atoms with Crippen LogP contribution in [0.2, 0.25) is 5.02 Å². The molecule has 0 amide bonds. The number of nitrogen functional groups attached to an aromatic ring is 1. The smallest absolute Gasteiger partial charge is 0.242 e. The maximum Gasteiger partial charge on any atom is 0.242 e. The Balaban J connectivity index is 2.53. The Morgan fingerprint density at radius 2 is 2.27 bits per heavy atom. The number of hydrogen-bond acceptors (Lipinski definition) is 5. The van der Waals surface area contributed by atoms with Crippen LogP contribution in [0.3, 0.4) is 0 Å². The molecule has 7 heteroatoms. The Morgan fingerprint density at radius 3 is 2.87 bits per heavy atom. The summed E-state index contributed by atoms with van der Waals surface area (Å²) in [5.74, 6) is 0.750. The normalized spacial score (nSPS) is 10.3. The SMILES string of the molecule is COc1ncnc(-n2cc(Cl)cn2)c1N. The van der Waals surface area contributed by atoms with Gasteiger partial charge in [-0.3, -0.25) is 0 Å². The number of hydrogen-bond donors (Lipinski definition) is 1. The second kappa shape index (κ2) is 3.74. The molecule has 2 heterocycles. The zero-order valence-corrected chi connectivity index (χ0v) is 8.64. The molecule has 2 N–H and O–H groups in total. The summed E-state index contributed by atoms with van der Waals surface area (Å²) in [6.45, 7) is 0. The fourth-order valence-electron chi connectivity index (χ4n) is 1.13. The number of nitrogens with two attached hydrogens (primary N) is 1. The van der Waals surface area contributed by atoms with Crippen molar-refractivity contribution < 1.29 is 4.74 Å². The van der Waals surface area contributed by atoms with E-state index in [4.69, 9.17) is 22.1 Å². The third kappa shape index (κ3) is 1.71. The van der Waals surface area contributed by atoms with Crippen LogP contribution in [-0.4, -0.2) is 26.9 Å². The average Bonchev–Trinajstić information content (AvgIpc) is 2.65. The van der Waals surface area contributed by atoms with E-state index in [1.807, 2.05) is 0 Å². The maximum absolute atomic E-state index is 5.78. The van der Waals surface area contributed by atoms with Crippen molar-refractivity contribution in [3.8, 4) is 11.7 Å². The van der Waals surface area contributed by atoms with Gasteiger partial charge in [-0.25, -0.2) is 9.67 Å². The highest BCUT2D eigenvalue weighted by Crippen LogP contribution is 2.23. The summed E-state index contributed by atoms with van der Waals surface area (Å²) in [4.78, 5) is 7.85. The second-order valence-electron chi connectivity index (χ2n) is 2.72. The van der Waals surface area contributed by atoms with E-state index < -0.39 is 0 Å². The first-order valence-electron chi connectivity index (χ1n) is 4.07. The molecule has 0 atom stereocenters. The number of ether oxygens (including phenoxy) is 1. The first-order chi connectivity index (χ1) is 7.22. The molecule has 2 aromatic rings. The lowest BCUT2D eigenvalue weighted by atomic mass is 10.4. The predicted molar refractivity (Wildman–Crippen MR) is 55.1 cm³/mol. The molecular formula is C8H8ClN5O. The van der Waals surface area contributed by atoms with Crippen LogP contribution in [0.4, 0.5) is 5.69 Å². The van der Waals surface area contributed by atoms with Crippen LogP contribution in [0.5, 0.6) is 5.88 Å². The zero-order valence-electron chi connectivity index (χ0n) is 7.88. The standard InChI is InChI=1S/C8H8ClN5O/c1-15-8-6(10)7(11-4-12-8)14-3-5(9)2-13-14/h2-4H,10H2,1H3. The van der Waals surface area contributed by atoms with Gasteiger partial charge in [-0.05, 0) is 0 Å². The van der Waals surface area contributed by atoms with Gasteiger partial charge in [0.05, 0.1) is 24.5 Å². The Bertz CT molecular complexity index is 484. The van der Waals surface area contributed by atoms with Crippen molar-refractivity contribution in [1.82, 2.24) is 19.7 Å². The van der Waals surface area contributed by atoms with Crippen molar-refractivity contribution >= 4 is 17.3 Å². The van der Waals surface area contributed by atoms with Crippen molar-refractivity contribution in [3.63, 3.8) is 0 Å². The summed E-state index contributed by atoms with van der Waals surface area (Å²) >= 11 is 5.74. The third-order valence-corrected chi connectivity index (χ3v) is 1.98. The average molecular weight is 226 g/mol. The van der Waals surface area contributed by atoms with Gasteiger partial charge in [0.2, 0.25) is 5.88 Å². The Labute approximate surface area is 90.7 Å². The van der Waals surface area contributed by atoms with Gasteiger partial charge in [0.15, 0.2) is 5.82 Å². The first kappa shape index (κ1) is 9.72. The number of anilines is 1. The zero-order chi connectivity index (χ0) is 10.8. The highest BCUT2D eigenvalue weighted by atomic mass is 35.5. The summed E-state index contributed by atoms with van der Waals surface area (Å²) in [6, 6.07) is 0. The summed E-state index contributed by atoms with van der Waals surface area (Å²) in [5.41, 5.74) is 6.10. The fraction of sp³-hybridized carbons (Fsp3) is 0.125. The van der Waals surface area contributed by atoms with Crippen LogP contribution in [-0.2, 0) is 0 Å². The minimum atomic E-state index is 0.312. The van der Waals surface area contributed by atoms with Crippen LogP contribution in [0, 0.1) is 0 Å². The van der Waals surface area contributed by atoms with E-state index in [2.05, 4.69) is 15.1 Å². The molecule has 0 aliphatic heterocycles. The molecule has 0 bridgehead atoms. The van der Waals surface area contributed by atoms with Gasteiger partial charge in [-0.2, -0.15) is 10.1 Å². The molecule has 78 valence electrons. The molecule has 0 spiro atoms. The topological polar surface area (TPSA) is 78.9 Å². The summed E-state index contributed by atoms with van der Waals surface area (Å²) in [6.07, 6.45) is 4.44. The highest BCUT2D eigenvalue weighted by Gasteiger charge is 2.10. The van der Waals surface area contributed by atoms with Gasteiger partial charge in [0.25, 0.3) is 0 Å². The van der Waals surface area contributed by atoms with Gasteiger partial charge in [-0.1, -0.05) is 11.6 Å². The lowest BCUT2D eigenvalue weighted by Crippen LogP contribution is -2.06. The van der Waals surface area contributed by atoms with Gasteiger partial charge < -0.3 is 10.5 Å². The van der Waals surface area contributed by atoms with Gasteiger partial charge in [0, 0.05) is 0 Å². The number of halogens is 1. The third-order valence-electron chi connectivity index (χ3n) is 1.79. The summed E-state index contributed by atoms with van der Waals surface area (Å²) < 4.78 is 6.42. The van der Waals surface area contributed by atoms with E-state index in [1.54, 1.807) is 6.20 Å². The minimum Gasteiger partial charge on any atom is -0.479 e. The van der Waals surface area contributed by atoms with Gasteiger partial charge in [0.1, 0.15) is 12.0 Å². The van der Waals surface area contributed by atoms with E-state index in [-0.39, 0.29) is 0 Å². The van der Waals surface area contributed by atoms with Gasteiger partial charge >= 0.3 is 0 Å². The summed E-state index contributed by atoms with van der Waals surface area (Å²) in [5, 5.41) is 4.49. The van der Waals surface area contributed by atoms with Gasteiger partial charge in [-0.15, -0.1) is 0 Å². The van der Waals surface area contributed by atoms with Crippen LogP contribution in [0.1, 0.15) is 0 Å². The largest absolute Gasteiger partial charge is 0.479 e. The Morgan fingerprint density at radius 1 is 1.47 bits per heavy atom. The molecule has 2 aromatic heterocycles. The number of methoxy groups -OCH3 is 1. The Kier molecular flexibility index (Phi) is 2.42. The minimum absolute atomic E-state index is 0.312. The number of rotatable bonds is 2. The number of nitrogens with zero attached hydrogens (tertiary/aromatic N) is 4. The molecule has 0 saturated heterocycles. The van der Waals surface area contributed by atoms with Crippen molar-refractivity contribution in [2.45, 2.75) is 0 Å². The predicted octanol–water partition coefficient (Wildman–Crippen LogP) is 0.906. The van der Waals surface area contributed by atoms with Crippen LogP contribution < -0.4 is 10.5 Å². The quantitative estimate of drug-likeness (QED) is 0.822. The van der Waals surface area contributed by atoms with E-state index in [0.717, 1.165) is 0 Å². The lowest BCUT2D eigenvalue weighted by Gasteiger charge is -2.06. The van der Waals surface area contributed by atoms with E-state index in [0.29, 0.717) is 22.4 Å².